The van der Waals surface area contributed by atoms with Gasteiger partial charge in [-0.05, 0) is 25.3 Å². The number of amides is 1. The highest BCUT2D eigenvalue weighted by molar-refractivity contribution is 7.91. The van der Waals surface area contributed by atoms with Crippen molar-refractivity contribution < 1.29 is 22.7 Å². The molecule has 1 aliphatic rings. The van der Waals surface area contributed by atoms with E-state index in [0.29, 0.717) is 12.8 Å². The molecule has 1 aromatic carbocycles. The molecule has 1 amide bonds. The lowest BCUT2D eigenvalue weighted by molar-refractivity contribution is -0.153. The molecule has 0 spiro atoms. The summed E-state index contributed by atoms with van der Waals surface area (Å²) in [7, 11) is -1.89. The fourth-order valence-electron chi connectivity index (χ4n) is 3.04. The Balaban J connectivity index is 2.12. The van der Waals surface area contributed by atoms with Crippen molar-refractivity contribution in [1.82, 2.24) is 4.90 Å². The van der Waals surface area contributed by atoms with Gasteiger partial charge in [-0.15, -0.1) is 0 Å². The number of rotatable bonds is 6. The van der Waals surface area contributed by atoms with Crippen molar-refractivity contribution in [2.45, 2.75) is 38.3 Å². The number of hydrogen-bond donors (Lipinski definition) is 0. The molecule has 0 bridgehead atoms. The molecule has 7 heteroatoms. The lowest BCUT2D eigenvalue weighted by atomic mass is 10.1. The first-order chi connectivity index (χ1) is 11.3. The third kappa shape index (κ3) is 4.56. The van der Waals surface area contributed by atoms with E-state index in [2.05, 4.69) is 0 Å². The van der Waals surface area contributed by atoms with Gasteiger partial charge in [-0.1, -0.05) is 30.3 Å². The molecule has 2 rings (SSSR count). The molecule has 0 unspecified atom stereocenters. The number of carbonyl (C=O) groups excluding carboxylic acids is 2. The molecule has 0 aromatic heterocycles. The van der Waals surface area contributed by atoms with E-state index in [-0.39, 0.29) is 23.8 Å². The monoisotopic (exact) mass is 353 g/mol. The van der Waals surface area contributed by atoms with Crippen LogP contribution in [0.4, 0.5) is 0 Å². The number of carbonyl (C=O) groups is 2. The highest BCUT2D eigenvalue weighted by Crippen LogP contribution is 2.22. The Bertz CT molecular complexity index is 686. The zero-order valence-corrected chi connectivity index (χ0v) is 14.8. The van der Waals surface area contributed by atoms with Gasteiger partial charge in [0.1, 0.15) is 6.04 Å². The van der Waals surface area contributed by atoms with E-state index >= 15 is 0 Å². The van der Waals surface area contributed by atoms with Gasteiger partial charge in [-0.3, -0.25) is 4.79 Å². The summed E-state index contributed by atoms with van der Waals surface area (Å²) in [6, 6.07) is 8.31. The van der Waals surface area contributed by atoms with Crippen LogP contribution in [0.2, 0.25) is 0 Å². The molecule has 6 nitrogen and oxygen atoms in total. The normalized spacial score (nSPS) is 20.3. The van der Waals surface area contributed by atoms with Gasteiger partial charge < -0.3 is 9.64 Å². The summed E-state index contributed by atoms with van der Waals surface area (Å²) in [6.45, 7) is 1.58. The standard InChI is InChI=1S/C17H23NO5S/c1-13(17(20)23-2)18(15-10-11-24(21,22)12-15)16(19)9-8-14-6-4-3-5-7-14/h3-7,13,15H,8-12H2,1-2H3/t13-,15+/m0/s1. The molecule has 0 radical (unpaired) electrons. The second-order valence-corrected chi connectivity index (χ2v) is 8.27. The fourth-order valence-corrected chi connectivity index (χ4v) is 4.75. The molecular weight excluding hydrogens is 330 g/mol. The predicted molar refractivity (Wildman–Crippen MR) is 90.1 cm³/mol. The van der Waals surface area contributed by atoms with Crippen LogP contribution in [0.5, 0.6) is 0 Å². The molecule has 1 saturated heterocycles. The SMILES string of the molecule is COC(=O)[C@H](C)N(C(=O)CCc1ccccc1)[C@@H]1CCS(=O)(=O)C1. The third-order valence-electron chi connectivity index (χ3n) is 4.32. The van der Waals surface area contributed by atoms with E-state index < -0.39 is 27.9 Å². The average Bonchev–Trinajstić information content (AvgIpc) is 2.92. The first-order valence-electron chi connectivity index (χ1n) is 7.97. The van der Waals surface area contributed by atoms with E-state index in [1.807, 2.05) is 30.3 Å². The van der Waals surface area contributed by atoms with Crippen LogP contribution in [0, 0.1) is 0 Å². The molecule has 1 heterocycles. The van der Waals surface area contributed by atoms with E-state index in [0.717, 1.165) is 5.56 Å². The molecule has 0 saturated carbocycles. The van der Waals surface area contributed by atoms with Crippen LogP contribution in [-0.4, -0.2) is 55.9 Å². The van der Waals surface area contributed by atoms with Gasteiger partial charge >= 0.3 is 5.97 Å². The van der Waals surface area contributed by atoms with Crippen molar-refractivity contribution in [2.24, 2.45) is 0 Å². The van der Waals surface area contributed by atoms with Gasteiger partial charge in [0, 0.05) is 12.5 Å². The Morgan fingerprint density at radius 1 is 1.29 bits per heavy atom. The van der Waals surface area contributed by atoms with Gasteiger partial charge in [-0.2, -0.15) is 0 Å². The minimum Gasteiger partial charge on any atom is -0.467 e. The summed E-state index contributed by atoms with van der Waals surface area (Å²) in [5.74, 6) is -0.800. The largest absolute Gasteiger partial charge is 0.467 e. The van der Waals surface area contributed by atoms with Gasteiger partial charge in [0.05, 0.1) is 18.6 Å². The number of sulfone groups is 1. The minimum absolute atomic E-state index is 0.0496. The Kier molecular flexibility index (Phi) is 5.99. The molecule has 1 aromatic rings. The zero-order chi connectivity index (χ0) is 17.7. The van der Waals surface area contributed by atoms with Crippen molar-refractivity contribution in [2.75, 3.05) is 18.6 Å². The van der Waals surface area contributed by atoms with Crippen molar-refractivity contribution in [3.63, 3.8) is 0 Å². The molecule has 1 fully saturated rings. The van der Waals surface area contributed by atoms with Crippen LogP contribution in [0.15, 0.2) is 30.3 Å². The van der Waals surface area contributed by atoms with Crippen LogP contribution in [-0.2, 0) is 30.6 Å². The summed E-state index contributed by atoms with van der Waals surface area (Å²) in [6.07, 6.45) is 1.13. The highest BCUT2D eigenvalue weighted by atomic mass is 32.2. The quantitative estimate of drug-likeness (QED) is 0.718. The van der Waals surface area contributed by atoms with Gasteiger partial charge in [0.25, 0.3) is 0 Å². The molecule has 24 heavy (non-hydrogen) atoms. The van der Waals surface area contributed by atoms with Crippen LogP contribution in [0.1, 0.15) is 25.3 Å². The first-order valence-corrected chi connectivity index (χ1v) is 9.79. The zero-order valence-electron chi connectivity index (χ0n) is 14.0. The number of methoxy groups -OCH3 is 1. The first kappa shape index (κ1) is 18.4. The van der Waals surface area contributed by atoms with Crippen LogP contribution < -0.4 is 0 Å². The number of hydrogen-bond acceptors (Lipinski definition) is 5. The lowest BCUT2D eigenvalue weighted by Gasteiger charge is -2.32. The number of benzene rings is 1. The number of ether oxygens (including phenoxy) is 1. The smallest absolute Gasteiger partial charge is 0.328 e. The van der Waals surface area contributed by atoms with Crippen LogP contribution in [0.3, 0.4) is 0 Å². The number of aryl methyl sites for hydroxylation is 1. The van der Waals surface area contributed by atoms with Crippen molar-refractivity contribution in [3.05, 3.63) is 35.9 Å². The maximum absolute atomic E-state index is 12.7. The molecular formula is C17H23NO5S. The van der Waals surface area contributed by atoms with Crippen molar-refractivity contribution in [1.29, 1.82) is 0 Å². The second-order valence-electron chi connectivity index (χ2n) is 6.04. The van der Waals surface area contributed by atoms with Crippen molar-refractivity contribution >= 4 is 21.7 Å². The lowest BCUT2D eigenvalue weighted by Crippen LogP contribution is -2.50. The highest BCUT2D eigenvalue weighted by Gasteiger charge is 2.39. The molecule has 1 aliphatic heterocycles. The third-order valence-corrected chi connectivity index (χ3v) is 6.07. The number of esters is 1. The Labute approximate surface area is 142 Å². The predicted octanol–water partition coefficient (Wildman–Crippen LogP) is 1.20. The summed E-state index contributed by atoms with van der Waals surface area (Å²) in [4.78, 5) is 26.0. The summed E-state index contributed by atoms with van der Waals surface area (Å²) in [5.41, 5.74) is 1.02. The van der Waals surface area contributed by atoms with Gasteiger partial charge in [-0.25, -0.2) is 13.2 Å². The fraction of sp³-hybridized carbons (Fsp3) is 0.529. The molecule has 0 aliphatic carbocycles. The summed E-state index contributed by atoms with van der Waals surface area (Å²) < 4.78 is 28.2. The number of nitrogens with zero attached hydrogens (tertiary/aromatic N) is 1. The second kappa shape index (κ2) is 7.79. The molecule has 0 N–H and O–H groups in total. The molecule has 2 atom stereocenters. The Morgan fingerprint density at radius 2 is 1.96 bits per heavy atom. The Hall–Kier alpha value is -1.89. The van der Waals surface area contributed by atoms with Crippen molar-refractivity contribution in [3.8, 4) is 0 Å². The van der Waals surface area contributed by atoms with E-state index in [1.54, 1.807) is 6.92 Å². The van der Waals surface area contributed by atoms with Crippen LogP contribution in [0.25, 0.3) is 0 Å². The average molecular weight is 353 g/mol. The Morgan fingerprint density at radius 3 is 2.50 bits per heavy atom. The van der Waals surface area contributed by atoms with E-state index in [9.17, 15) is 18.0 Å². The molecule has 132 valence electrons. The van der Waals surface area contributed by atoms with Gasteiger partial charge in [0.15, 0.2) is 9.84 Å². The summed E-state index contributed by atoms with van der Waals surface area (Å²) >= 11 is 0. The maximum atomic E-state index is 12.7. The minimum atomic E-state index is -3.15. The van der Waals surface area contributed by atoms with E-state index in [1.165, 1.54) is 12.0 Å². The maximum Gasteiger partial charge on any atom is 0.328 e. The topological polar surface area (TPSA) is 80.8 Å². The van der Waals surface area contributed by atoms with E-state index in [4.69, 9.17) is 4.74 Å². The summed E-state index contributed by atoms with van der Waals surface area (Å²) in [5, 5.41) is 0. The van der Waals surface area contributed by atoms with Crippen LogP contribution >= 0.6 is 0 Å². The van der Waals surface area contributed by atoms with Gasteiger partial charge in [0.2, 0.25) is 5.91 Å².